The van der Waals surface area contributed by atoms with Crippen molar-refractivity contribution in [3.63, 3.8) is 0 Å². The molecule has 0 radical (unpaired) electrons. The molecule has 1 fully saturated rings. The Morgan fingerprint density at radius 1 is 1.36 bits per heavy atom. The molecule has 1 atom stereocenters. The van der Waals surface area contributed by atoms with E-state index in [1.54, 1.807) is 13.8 Å². The van der Waals surface area contributed by atoms with Gasteiger partial charge in [-0.1, -0.05) is 19.9 Å². The van der Waals surface area contributed by atoms with Gasteiger partial charge < -0.3 is 0 Å². The van der Waals surface area contributed by atoms with Gasteiger partial charge in [-0.25, -0.2) is 22.2 Å². The third-order valence-electron chi connectivity index (χ3n) is 4.87. The van der Waals surface area contributed by atoms with Crippen molar-refractivity contribution in [2.45, 2.75) is 44.7 Å². The number of nitrogens with zero attached hydrogens (tertiary/aromatic N) is 4. The van der Waals surface area contributed by atoms with Crippen LogP contribution in [0.5, 0.6) is 0 Å². The van der Waals surface area contributed by atoms with Crippen molar-refractivity contribution in [1.29, 1.82) is 0 Å². The Hall–Kier alpha value is -1.94. The van der Waals surface area contributed by atoms with Gasteiger partial charge in [-0.3, -0.25) is 0 Å². The number of rotatable bonds is 5. The van der Waals surface area contributed by atoms with Gasteiger partial charge in [0.25, 0.3) is 0 Å². The molecule has 1 aliphatic heterocycles. The Labute approximate surface area is 162 Å². The zero-order valence-electron chi connectivity index (χ0n) is 15.8. The lowest BCUT2D eigenvalue weighted by atomic mass is 9.96. The summed E-state index contributed by atoms with van der Waals surface area (Å²) in [5.74, 6) is -0.611. The number of hydrogen-bond acceptors (Lipinski definition) is 4. The second kappa shape index (κ2) is 7.47. The fourth-order valence-electron chi connectivity index (χ4n) is 3.40. The van der Waals surface area contributed by atoms with Gasteiger partial charge in [-0.05, 0) is 24.8 Å². The monoisotopic (exact) mass is 416 g/mol. The molecule has 0 N–H and O–H groups in total. The van der Waals surface area contributed by atoms with Crippen LogP contribution in [-0.4, -0.2) is 46.2 Å². The number of hydrogen-bond donors (Lipinski definition) is 0. The van der Waals surface area contributed by atoms with Crippen LogP contribution in [0.1, 0.15) is 55.6 Å². The van der Waals surface area contributed by atoms with E-state index in [1.807, 2.05) is 0 Å². The van der Waals surface area contributed by atoms with E-state index in [2.05, 4.69) is 16.7 Å². The van der Waals surface area contributed by atoms with Gasteiger partial charge in [0.05, 0.1) is 11.4 Å². The minimum atomic E-state index is -4.57. The summed E-state index contributed by atoms with van der Waals surface area (Å²) in [6, 6.07) is 2.56. The van der Waals surface area contributed by atoms with Crippen LogP contribution < -0.4 is 0 Å². The molecule has 0 spiro atoms. The summed E-state index contributed by atoms with van der Waals surface area (Å²) < 4.78 is 67.4. The van der Waals surface area contributed by atoms with E-state index in [-0.39, 0.29) is 29.8 Å². The highest BCUT2D eigenvalue weighted by molar-refractivity contribution is 7.89. The molecule has 2 aromatic heterocycles. The Morgan fingerprint density at radius 3 is 2.68 bits per heavy atom. The largest absolute Gasteiger partial charge is 0.433 e. The molecule has 154 valence electrons. The maximum absolute atomic E-state index is 13.5. The molecule has 1 unspecified atom stereocenters. The lowest BCUT2D eigenvalue weighted by molar-refractivity contribution is -0.142. The van der Waals surface area contributed by atoms with Crippen LogP contribution in [0.2, 0.25) is 0 Å². The van der Waals surface area contributed by atoms with E-state index in [9.17, 15) is 21.6 Å². The molecule has 0 saturated carbocycles. The summed E-state index contributed by atoms with van der Waals surface area (Å²) in [7, 11) is -3.47. The van der Waals surface area contributed by atoms with Gasteiger partial charge in [0, 0.05) is 30.8 Å². The standard InChI is InChI=1S/C18H23F3N4O2S/c1-4-8-28(26,27)24-7-5-6-13(11-24)15-10-17-22-14(12(2)3)9-16(18(19,20)21)25(17)23-15/h4,9-10,12-13H,1,5-8,11H2,2-3H3. The smallest absolute Gasteiger partial charge is 0.233 e. The van der Waals surface area contributed by atoms with Crippen molar-refractivity contribution in [3.05, 3.63) is 41.9 Å². The van der Waals surface area contributed by atoms with Crippen molar-refractivity contribution < 1.29 is 21.6 Å². The van der Waals surface area contributed by atoms with E-state index < -0.39 is 21.9 Å². The Morgan fingerprint density at radius 2 is 2.07 bits per heavy atom. The molecule has 2 aromatic rings. The first-order valence-corrected chi connectivity index (χ1v) is 10.7. The van der Waals surface area contributed by atoms with Crippen LogP contribution in [0, 0.1) is 0 Å². The highest BCUT2D eigenvalue weighted by Gasteiger charge is 2.36. The molecular weight excluding hydrogens is 393 g/mol. The molecule has 0 bridgehead atoms. The van der Waals surface area contributed by atoms with E-state index in [0.717, 1.165) is 10.6 Å². The predicted molar refractivity (Wildman–Crippen MR) is 99.6 cm³/mol. The van der Waals surface area contributed by atoms with E-state index in [4.69, 9.17) is 0 Å². The average molecular weight is 416 g/mol. The lowest BCUT2D eigenvalue weighted by Crippen LogP contribution is -2.40. The molecule has 1 aliphatic rings. The van der Waals surface area contributed by atoms with Gasteiger partial charge in [0.15, 0.2) is 5.65 Å². The van der Waals surface area contributed by atoms with E-state index in [0.29, 0.717) is 30.8 Å². The SMILES string of the molecule is C=CCS(=O)(=O)N1CCCC(c2cc3nc(C(C)C)cc(C(F)(F)F)n3n2)C1. The van der Waals surface area contributed by atoms with Gasteiger partial charge in [0.1, 0.15) is 5.69 Å². The minimum absolute atomic E-state index is 0.125. The van der Waals surface area contributed by atoms with E-state index in [1.165, 1.54) is 16.4 Å². The first kappa shape index (κ1) is 20.8. The van der Waals surface area contributed by atoms with Gasteiger partial charge in [-0.2, -0.15) is 18.3 Å². The van der Waals surface area contributed by atoms with Crippen molar-refractivity contribution in [2.75, 3.05) is 18.8 Å². The quantitative estimate of drug-likeness (QED) is 0.699. The average Bonchev–Trinajstić information content (AvgIpc) is 3.04. The van der Waals surface area contributed by atoms with Gasteiger partial charge in [-0.15, -0.1) is 6.58 Å². The summed E-state index contributed by atoms with van der Waals surface area (Å²) >= 11 is 0. The molecule has 1 saturated heterocycles. The van der Waals surface area contributed by atoms with Crippen LogP contribution in [0.4, 0.5) is 13.2 Å². The summed E-state index contributed by atoms with van der Waals surface area (Å²) in [5, 5.41) is 4.16. The fourth-order valence-corrected chi connectivity index (χ4v) is 4.72. The lowest BCUT2D eigenvalue weighted by Gasteiger charge is -2.30. The highest BCUT2D eigenvalue weighted by atomic mass is 32.2. The molecular formula is C18H23F3N4O2S. The number of sulfonamides is 1. The third kappa shape index (κ3) is 4.07. The summed E-state index contributed by atoms with van der Waals surface area (Å²) in [4.78, 5) is 4.32. The molecule has 10 heteroatoms. The number of piperidine rings is 1. The van der Waals surface area contributed by atoms with Gasteiger partial charge >= 0.3 is 6.18 Å². The first-order valence-electron chi connectivity index (χ1n) is 9.09. The maximum Gasteiger partial charge on any atom is 0.433 e. The number of halogens is 3. The minimum Gasteiger partial charge on any atom is -0.233 e. The molecule has 28 heavy (non-hydrogen) atoms. The van der Waals surface area contributed by atoms with Crippen molar-refractivity contribution in [2.24, 2.45) is 0 Å². The highest BCUT2D eigenvalue weighted by Crippen LogP contribution is 2.33. The molecule has 0 amide bonds. The number of alkyl halides is 3. The maximum atomic E-state index is 13.5. The van der Waals surface area contributed by atoms with Crippen LogP contribution >= 0.6 is 0 Å². The van der Waals surface area contributed by atoms with Gasteiger partial charge in [0.2, 0.25) is 10.0 Å². The Balaban J connectivity index is 2.01. The zero-order chi connectivity index (χ0) is 20.7. The van der Waals surface area contributed by atoms with Crippen LogP contribution in [-0.2, 0) is 16.2 Å². The number of fused-ring (bicyclic) bond motifs is 1. The second-order valence-electron chi connectivity index (χ2n) is 7.32. The van der Waals surface area contributed by atoms with Crippen LogP contribution in [0.25, 0.3) is 5.65 Å². The topological polar surface area (TPSA) is 67.6 Å². The van der Waals surface area contributed by atoms with Crippen LogP contribution in [0.15, 0.2) is 24.8 Å². The summed E-state index contributed by atoms with van der Waals surface area (Å²) in [5.41, 5.74) is 0.0153. The van der Waals surface area contributed by atoms with Crippen molar-refractivity contribution >= 4 is 15.7 Å². The summed E-state index contributed by atoms with van der Waals surface area (Å²) in [6.45, 7) is 7.61. The zero-order valence-corrected chi connectivity index (χ0v) is 16.6. The Kier molecular flexibility index (Phi) is 5.55. The van der Waals surface area contributed by atoms with Crippen molar-refractivity contribution in [1.82, 2.24) is 18.9 Å². The predicted octanol–water partition coefficient (Wildman–Crippen LogP) is 3.57. The van der Waals surface area contributed by atoms with E-state index >= 15 is 0 Å². The molecule has 3 heterocycles. The number of aromatic nitrogens is 3. The fraction of sp³-hybridized carbons (Fsp3) is 0.556. The normalized spacial score (nSPS) is 19.4. The Bertz CT molecular complexity index is 983. The molecule has 6 nitrogen and oxygen atoms in total. The first-order chi connectivity index (χ1) is 13.0. The summed E-state index contributed by atoms with van der Waals surface area (Å²) in [6.07, 6.45) is -1.97. The molecule has 3 rings (SSSR count). The second-order valence-corrected chi connectivity index (χ2v) is 9.34. The third-order valence-corrected chi connectivity index (χ3v) is 6.65. The van der Waals surface area contributed by atoms with Crippen molar-refractivity contribution in [3.8, 4) is 0 Å². The molecule has 0 aliphatic carbocycles. The molecule has 0 aromatic carbocycles. The van der Waals surface area contributed by atoms with Crippen LogP contribution in [0.3, 0.4) is 0 Å².